The first-order valence-corrected chi connectivity index (χ1v) is 6.26. The molecule has 2 amide bonds. The first-order valence-electron chi connectivity index (χ1n) is 5.63. The summed E-state index contributed by atoms with van der Waals surface area (Å²) in [5, 5.41) is 30.2. The summed E-state index contributed by atoms with van der Waals surface area (Å²) in [6, 6.07) is -3.59. The van der Waals surface area contributed by atoms with E-state index < -0.39 is 42.4 Å². The Kier molecular flexibility index (Phi) is 8.13. The van der Waals surface area contributed by atoms with Crippen molar-refractivity contribution in [1.82, 2.24) is 10.6 Å². The molecule has 114 valence electrons. The van der Waals surface area contributed by atoms with Crippen molar-refractivity contribution in [2.24, 2.45) is 0 Å². The zero-order valence-corrected chi connectivity index (χ0v) is 11.3. The van der Waals surface area contributed by atoms with Gasteiger partial charge in [0.1, 0.15) is 12.1 Å². The maximum Gasteiger partial charge on any atom is 0.326 e. The Hall–Kier alpha value is -1.97. The Balaban J connectivity index is 4.47. The number of carboxylic acid groups (broad SMARTS) is 3. The number of carbonyl (C=O) groups is 4. The van der Waals surface area contributed by atoms with E-state index in [1.165, 1.54) is 0 Å². The predicted octanol–water partition coefficient (Wildman–Crippen LogP) is -0.623. The molecule has 10 heteroatoms. The molecule has 0 rings (SSSR count). The fourth-order valence-corrected chi connectivity index (χ4v) is 1.53. The van der Waals surface area contributed by atoms with Gasteiger partial charge in [-0.1, -0.05) is 0 Å². The summed E-state index contributed by atoms with van der Waals surface area (Å²) in [7, 11) is 0. The van der Waals surface area contributed by atoms with Crippen molar-refractivity contribution in [3.63, 3.8) is 0 Å². The van der Waals surface area contributed by atoms with Crippen LogP contribution in [0, 0.1) is 0 Å². The average molecular weight is 308 g/mol. The number of nitrogens with one attached hydrogen (secondary N) is 2. The Bertz CT molecular complexity index is 388. The molecule has 9 nitrogen and oxygen atoms in total. The molecule has 5 N–H and O–H groups in total. The van der Waals surface area contributed by atoms with E-state index in [1.54, 1.807) is 0 Å². The molecule has 2 atom stereocenters. The number of carboxylic acids is 3. The minimum absolute atomic E-state index is 0.0682. The van der Waals surface area contributed by atoms with Crippen molar-refractivity contribution in [3.8, 4) is 0 Å². The van der Waals surface area contributed by atoms with Crippen LogP contribution >= 0.6 is 12.6 Å². The van der Waals surface area contributed by atoms with E-state index in [1.807, 2.05) is 5.32 Å². The third-order valence-electron chi connectivity index (χ3n) is 2.27. The maximum absolute atomic E-state index is 11.5. The molecule has 0 heterocycles. The van der Waals surface area contributed by atoms with Crippen LogP contribution in [0.2, 0.25) is 0 Å². The van der Waals surface area contributed by atoms with Crippen LogP contribution in [-0.4, -0.2) is 57.1 Å². The van der Waals surface area contributed by atoms with Crippen molar-refractivity contribution in [1.29, 1.82) is 0 Å². The van der Waals surface area contributed by atoms with Crippen LogP contribution in [0.3, 0.4) is 0 Å². The van der Waals surface area contributed by atoms with Gasteiger partial charge in [0.05, 0.1) is 0 Å². The van der Waals surface area contributed by atoms with Gasteiger partial charge in [-0.2, -0.15) is 12.6 Å². The Morgan fingerprint density at radius 2 is 1.35 bits per heavy atom. The van der Waals surface area contributed by atoms with Crippen LogP contribution in [-0.2, 0) is 14.4 Å². The molecule has 0 aliphatic rings. The van der Waals surface area contributed by atoms with Crippen molar-refractivity contribution < 1.29 is 34.5 Å². The molecule has 0 aliphatic heterocycles. The summed E-state index contributed by atoms with van der Waals surface area (Å²) in [6.45, 7) is 0. The van der Waals surface area contributed by atoms with Crippen molar-refractivity contribution in [2.45, 2.75) is 31.3 Å². The fraction of sp³-hybridized carbons (Fsp3) is 0.600. The van der Waals surface area contributed by atoms with Gasteiger partial charge in [0.15, 0.2) is 0 Å². The van der Waals surface area contributed by atoms with Crippen molar-refractivity contribution >= 4 is 36.6 Å². The highest BCUT2D eigenvalue weighted by molar-refractivity contribution is 7.80. The summed E-state index contributed by atoms with van der Waals surface area (Å²) < 4.78 is 0. The summed E-state index contributed by atoms with van der Waals surface area (Å²) >= 11 is 3.84. The Morgan fingerprint density at radius 1 is 0.900 bits per heavy atom. The lowest BCUT2D eigenvalue weighted by molar-refractivity contribution is -0.140. The monoisotopic (exact) mass is 308 g/mol. The first kappa shape index (κ1) is 18.0. The lowest BCUT2D eigenvalue weighted by Crippen LogP contribution is -2.51. The largest absolute Gasteiger partial charge is 0.481 e. The number of aliphatic carboxylic acids is 3. The quantitative estimate of drug-likeness (QED) is 0.310. The molecular formula is C10H16N2O7S. The van der Waals surface area contributed by atoms with Gasteiger partial charge in [0, 0.05) is 6.42 Å². The molecule has 2 unspecified atom stereocenters. The van der Waals surface area contributed by atoms with Crippen LogP contribution in [0.1, 0.15) is 19.3 Å². The molecule has 0 fully saturated rings. The second-order valence-corrected chi connectivity index (χ2v) is 4.29. The maximum atomic E-state index is 11.5. The van der Waals surface area contributed by atoms with E-state index >= 15 is 0 Å². The smallest absolute Gasteiger partial charge is 0.326 e. The number of rotatable bonds is 9. The third-order valence-corrected chi connectivity index (χ3v) is 2.53. The molecule has 0 bridgehead atoms. The second kappa shape index (κ2) is 9.02. The zero-order chi connectivity index (χ0) is 15.7. The van der Waals surface area contributed by atoms with Gasteiger partial charge in [-0.25, -0.2) is 14.4 Å². The van der Waals surface area contributed by atoms with Gasteiger partial charge < -0.3 is 26.0 Å². The van der Waals surface area contributed by atoms with Crippen molar-refractivity contribution in [3.05, 3.63) is 0 Å². The van der Waals surface area contributed by atoms with Crippen LogP contribution in [0.5, 0.6) is 0 Å². The first-order chi connectivity index (χ1) is 9.27. The van der Waals surface area contributed by atoms with Gasteiger partial charge >= 0.3 is 23.9 Å². The lowest BCUT2D eigenvalue weighted by Gasteiger charge is -2.17. The summed E-state index contributed by atoms with van der Waals surface area (Å²) in [5.74, 6) is -3.65. The van der Waals surface area contributed by atoms with Gasteiger partial charge in [-0.3, -0.25) is 4.79 Å². The molecular weight excluding hydrogens is 292 g/mol. The number of thiol groups is 1. The zero-order valence-electron chi connectivity index (χ0n) is 10.4. The fourth-order valence-electron chi connectivity index (χ4n) is 1.27. The van der Waals surface area contributed by atoms with Gasteiger partial charge in [0.25, 0.3) is 0 Å². The molecule has 0 radical (unpaired) electrons. The molecule has 0 aliphatic carbocycles. The summed E-state index contributed by atoms with van der Waals surface area (Å²) in [4.78, 5) is 43.4. The van der Waals surface area contributed by atoms with E-state index in [9.17, 15) is 19.2 Å². The summed E-state index contributed by atoms with van der Waals surface area (Å²) in [5.41, 5.74) is 0. The van der Waals surface area contributed by atoms with E-state index in [2.05, 4.69) is 17.9 Å². The van der Waals surface area contributed by atoms with Crippen LogP contribution in [0.25, 0.3) is 0 Å². The average Bonchev–Trinajstić information content (AvgIpc) is 2.33. The Labute approximate surface area is 119 Å². The van der Waals surface area contributed by atoms with Gasteiger partial charge in [-0.05, 0) is 18.6 Å². The second-order valence-electron chi connectivity index (χ2n) is 3.84. The molecule has 0 aromatic carbocycles. The summed E-state index contributed by atoms with van der Waals surface area (Å²) in [6.07, 6.45) is -0.669. The highest BCUT2D eigenvalue weighted by Gasteiger charge is 2.24. The van der Waals surface area contributed by atoms with Gasteiger partial charge in [0.2, 0.25) is 0 Å². The molecule has 0 aromatic rings. The predicted molar refractivity (Wildman–Crippen MR) is 69.9 cm³/mol. The Morgan fingerprint density at radius 3 is 1.70 bits per heavy atom. The SMILES string of the molecule is O=C(O)CCC(NC(=O)NC(CCS)C(=O)O)C(=O)O. The number of urea groups is 1. The van der Waals surface area contributed by atoms with Gasteiger partial charge in [-0.15, -0.1) is 0 Å². The minimum Gasteiger partial charge on any atom is -0.481 e. The highest BCUT2D eigenvalue weighted by Crippen LogP contribution is 1.99. The number of hydrogen-bond donors (Lipinski definition) is 6. The van der Waals surface area contributed by atoms with Crippen molar-refractivity contribution in [2.75, 3.05) is 5.75 Å². The minimum atomic E-state index is -1.41. The molecule has 0 saturated carbocycles. The normalized spacial score (nSPS) is 13.1. The number of amides is 2. The van der Waals surface area contributed by atoms with E-state index in [-0.39, 0.29) is 18.6 Å². The molecule has 20 heavy (non-hydrogen) atoms. The standard InChI is InChI=1S/C10H16N2O7S/c13-7(14)2-1-5(8(15)16)11-10(19)12-6(3-4-20)9(17)18/h5-6,20H,1-4H2,(H,13,14)(H,15,16)(H,17,18)(H2,11,12,19). The highest BCUT2D eigenvalue weighted by atomic mass is 32.1. The van der Waals surface area contributed by atoms with Crippen LogP contribution in [0.15, 0.2) is 0 Å². The van der Waals surface area contributed by atoms with E-state index in [4.69, 9.17) is 15.3 Å². The number of hydrogen-bond acceptors (Lipinski definition) is 5. The van der Waals surface area contributed by atoms with E-state index in [0.29, 0.717) is 0 Å². The lowest BCUT2D eigenvalue weighted by atomic mass is 10.1. The number of carbonyl (C=O) groups excluding carboxylic acids is 1. The van der Waals surface area contributed by atoms with E-state index in [0.717, 1.165) is 0 Å². The topological polar surface area (TPSA) is 153 Å². The molecule has 0 saturated heterocycles. The van der Waals surface area contributed by atoms with Crippen LogP contribution < -0.4 is 10.6 Å². The molecule has 0 spiro atoms. The van der Waals surface area contributed by atoms with Crippen LogP contribution in [0.4, 0.5) is 4.79 Å². The molecule has 0 aromatic heterocycles. The third kappa shape index (κ3) is 7.46.